The van der Waals surface area contributed by atoms with Crippen molar-refractivity contribution in [3.05, 3.63) is 48.0 Å². The van der Waals surface area contributed by atoms with Gasteiger partial charge in [0.25, 0.3) is 0 Å². The quantitative estimate of drug-likeness (QED) is 0.603. The molecule has 0 aliphatic carbocycles. The van der Waals surface area contributed by atoms with Gasteiger partial charge in [-0.15, -0.1) is 11.3 Å². The van der Waals surface area contributed by atoms with Crippen LogP contribution in [-0.4, -0.2) is 12.0 Å². The standard InChI is InChI=1S/C15H13N3S/c1-10-4-3-5-13-14(10)17-15(19-13)11-6-8-12(9-7-11)18-16-2/h3-9H,1-2H3. The summed E-state index contributed by atoms with van der Waals surface area (Å²) in [5, 5.41) is 8.82. The van der Waals surface area contributed by atoms with Gasteiger partial charge in [-0.1, -0.05) is 12.1 Å². The van der Waals surface area contributed by atoms with Gasteiger partial charge < -0.3 is 0 Å². The van der Waals surface area contributed by atoms with E-state index in [1.807, 2.05) is 24.3 Å². The average molecular weight is 267 g/mol. The second kappa shape index (κ2) is 4.90. The van der Waals surface area contributed by atoms with Crippen LogP contribution in [0.3, 0.4) is 0 Å². The van der Waals surface area contributed by atoms with Crippen LogP contribution in [0.1, 0.15) is 5.56 Å². The Morgan fingerprint density at radius 3 is 2.53 bits per heavy atom. The van der Waals surface area contributed by atoms with Gasteiger partial charge in [-0.2, -0.15) is 10.2 Å². The van der Waals surface area contributed by atoms with Crippen LogP contribution in [0.25, 0.3) is 20.8 Å². The van der Waals surface area contributed by atoms with E-state index < -0.39 is 0 Å². The van der Waals surface area contributed by atoms with E-state index in [0.717, 1.165) is 21.8 Å². The third-order valence-electron chi connectivity index (χ3n) is 2.95. The molecule has 1 heterocycles. The molecule has 1 aromatic heterocycles. The topological polar surface area (TPSA) is 37.6 Å². The monoisotopic (exact) mass is 267 g/mol. The maximum atomic E-state index is 4.72. The number of fused-ring (bicyclic) bond motifs is 1. The molecule has 3 nitrogen and oxygen atoms in total. The highest BCUT2D eigenvalue weighted by atomic mass is 32.1. The molecule has 2 aromatic carbocycles. The van der Waals surface area contributed by atoms with Crippen LogP contribution in [0.5, 0.6) is 0 Å². The number of thiazole rings is 1. The van der Waals surface area contributed by atoms with Gasteiger partial charge in [0, 0.05) is 12.6 Å². The van der Waals surface area contributed by atoms with E-state index >= 15 is 0 Å². The van der Waals surface area contributed by atoms with E-state index in [1.54, 1.807) is 18.4 Å². The molecule has 3 aromatic rings. The molecule has 0 fully saturated rings. The Hall–Kier alpha value is -2.07. The van der Waals surface area contributed by atoms with E-state index in [-0.39, 0.29) is 0 Å². The second-order valence-corrected chi connectivity index (χ2v) is 5.32. The molecule has 94 valence electrons. The summed E-state index contributed by atoms with van der Waals surface area (Å²) in [4.78, 5) is 4.72. The fourth-order valence-electron chi connectivity index (χ4n) is 2.00. The molecule has 0 N–H and O–H groups in total. The minimum atomic E-state index is 0.864. The summed E-state index contributed by atoms with van der Waals surface area (Å²) in [5.41, 5.74) is 4.30. The summed E-state index contributed by atoms with van der Waals surface area (Å²) in [5.74, 6) is 0. The highest BCUT2D eigenvalue weighted by Crippen LogP contribution is 2.32. The number of para-hydroxylation sites is 1. The zero-order valence-electron chi connectivity index (χ0n) is 10.8. The maximum absolute atomic E-state index is 4.72. The lowest BCUT2D eigenvalue weighted by atomic mass is 10.2. The number of azo groups is 1. The van der Waals surface area contributed by atoms with Gasteiger partial charge in [0.05, 0.1) is 15.9 Å². The van der Waals surface area contributed by atoms with Crippen molar-refractivity contribution in [1.82, 2.24) is 4.98 Å². The smallest absolute Gasteiger partial charge is 0.124 e. The summed E-state index contributed by atoms with van der Waals surface area (Å²) >= 11 is 1.72. The molecule has 0 aliphatic heterocycles. The van der Waals surface area contributed by atoms with Crippen LogP contribution in [-0.2, 0) is 0 Å². The van der Waals surface area contributed by atoms with E-state index in [2.05, 4.69) is 35.4 Å². The third kappa shape index (κ3) is 2.27. The lowest BCUT2D eigenvalue weighted by molar-refractivity contribution is 1.17. The molecule has 0 spiro atoms. The first-order valence-electron chi connectivity index (χ1n) is 6.04. The number of aryl methyl sites for hydroxylation is 1. The zero-order valence-corrected chi connectivity index (χ0v) is 11.6. The van der Waals surface area contributed by atoms with E-state index in [4.69, 9.17) is 4.98 Å². The van der Waals surface area contributed by atoms with Crippen LogP contribution in [0, 0.1) is 6.92 Å². The summed E-state index contributed by atoms with van der Waals surface area (Å²) in [7, 11) is 1.67. The average Bonchev–Trinajstić information content (AvgIpc) is 2.85. The van der Waals surface area contributed by atoms with Crippen LogP contribution in [0.15, 0.2) is 52.7 Å². The Morgan fingerprint density at radius 2 is 1.84 bits per heavy atom. The highest BCUT2D eigenvalue weighted by Gasteiger charge is 2.07. The minimum absolute atomic E-state index is 0.864. The van der Waals surface area contributed by atoms with Crippen LogP contribution in [0.2, 0.25) is 0 Å². The summed E-state index contributed by atoms with van der Waals surface area (Å²) in [6.45, 7) is 2.09. The van der Waals surface area contributed by atoms with Crippen molar-refractivity contribution >= 4 is 27.2 Å². The number of hydrogen-bond donors (Lipinski definition) is 0. The lowest BCUT2D eigenvalue weighted by Crippen LogP contribution is -1.77. The summed E-state index contributed by atoms with van der Waals surface area (Å²) in [6, 6.07) is 14.3. The molecule has 19 heavy (non-hydrogen) atoms. The van der Waals surface area contributed by atoms with Crippen LogP contribution < -0.4 is 0 Å². The molecule has 4 heteroatoms. The molecular formula is C15H13N3S. The van der Waals surface area contributed by atoms with Crippen molar-refractivity contribution < 1.29 is 0 Å². The number of benzene rings is 2. The Balaban J connectivity index is 2.06. The summed E-state index contributed by atoms with van der Waals surface area (Å²) < 4.78 is 1.23. The molecule has 0 atom stereocenters. The number of aromatic nitrogens is 1. The molecule has 0 unspecified atom stereocenters. The molecule has 0 bridgehead atoms. The second-order valence-electron chi connectivity index (χ2n) is 4.29. The van der Waals surface area contributed by atoms with Crippen molar-refractivity contribution in [3.8, 4) is 10.6 Å². The van der Waals surface area contributed by atoms with Crippen LogP contribution >= 0.6 is 11.3 Å². The summed E-state index contributed by atoms with van der Waals surface area (Å²) in [6.07, 6.45) is 0. The molecule has 0 saturated carbocycles. The van der Waals surface area contributed by atoms with E-state index in [0.29, 0.717) is 0 Å². The predicted octanol–water partition coefficient (Wildman–Crippen LogP) is 4.99. The minimum Gasteiger partial charge on any atom is -0.236 e. The van der Waals surface area contributed by atoms with Gasteiger partial charge in [-0.05, 0) is 42.8 Å². The van der Waals surface area contributed by atoms with Gasteiger partial charge in [0.2, 0.25) is 0 Å². The van der Waals surface area contributed by atoms with Crippen molar-refractivity contribution in [2.75, 3.05) is 7.05 Å². The fourth-order valence-corrected chi connectivity index (χ4v) is 3.04. The van der Waals surface area contributed by atoms with Crippen LogP contribution in [0.4, 0.5) is 5.69 Å². The fraction of sp³-hybridized carbons (Fsp3) is 0.133. The Labute approximate surface area is 115 Å². The molecule has 0 saturated heterocycles. The van der Waals surface area contributed by atoms with Gasteiger partial charge in [-0.3, -0.25) is 0 Å². The molecule has 0 radical (unpaired) electrons. The number of rotatable bonds is 2. The molecule has 0 aliphatic rings. The number of nitrogens with zero attached hydrogens (tertiary/aromatic N) is 3. The van der Waals surface area contributed by atoms with Crippen molar-refractivity contribution in [2.24, 2.45) is 10.2 Å². The van der Waals surface area contributed by atoms with Gasteiger partial charge >= 0.3 is 0 Å². The Bertz CT molecular complexity index is 742. The Kier molecular flexibility index (Phi) is 3.09. The first-order chi connectivity index (χ1) is 9.28. The van der Waals surface area contributed by atoms with Crippen molar-refractivity contribution in [1.29, 1.82) is 0 Å². The normalized spacial score (nSPS) is 11.5. The molecule has 0 amide bonds. The van der Waals surface area contributed by atoms with Crippen molar-refractivity contribution in [3.63, 3.8) is 0 Å². The maximum Gasteiger partial charge on any atom is 0.124 e. The van der Waals surface area contributed by atoms with E-state index in [9.17, 15) is 0 Å². The SMILES string of the molecule is CN=Nc1ccc(-c2nc3c(C)cccc3s2)cc1. The van der Waals surface area contributed by atoms with E-state index in [1.165, 1.54) is 10.3 Å². The van der Waals surface area contributed by atoms with Crippen molar-refractivity contribution in [2.45, 2.75) is 6.92 Å². The van der Waals surface area contributed by atoms with Gasteiger partial charge in [0.1, 0.15) is 5.01 Å². The zero-order chi connectivity index (χ0) is 13.2. The lowest BCUT2D eigenvalue weighted by Gasteiger charge is -1.96. The largest absolute Gasteiger partial charge is 0.236 e. The van der Waals surface area contributed by atoms with Gasteiger partial charge in [0.15, 0.2) is 0 Å². The third-order valence-corrected chi connectivity index (χ3v) is 4.02. The highest BCUT2D eigenvalue weighted by molar-refractivity contribution is 7.21. The molecule has 3 rings (SSSR count). The number of hydrogen-bond acceptors (Lipinski definition) is 4. The predicted molar refractivity (Wildman–Crippen MR) is 80.2 cm³/mol. The molecular weight excluding hydrogens is 254 g/mol. The Morgan fingerprint density at radius 1 is 1.05 bits per heavy atom. The van der Waals surface area contributed by atoms with Gasteiger partial charge in [-0.25, -0.2) is 4.98 Å². The first kappa shape index (κ1) is 12.0. The first-order valence-corrected chi connectivity index (χ1v) is 6.86.